The predicted molar refractivity (Wildman–Crippen MR) is 59.9 cm³/mol. The van der Waals surface area contributed by atoms with E-state index in [9.17, 15) is 4.79 Å². The molecule has 0 aliphatic carbocycles. The van der Waals surface area contributed by atoms with Crippen LogP contribution in [0.1, 0.15) is 6.92 Å². The van der Waals surface area contributed by atoms with Crippen molar-refractivity contribution >= 4 is 11.6 Å². The summed E-state index contributed by atoms with van der Waals surface area (Å²) in [5.74, 6) is 0.662. The third-order valence-electron chi connectivity index (χ3n) is 1.64. The first-order valence-corrected chi connectivity index (χ1v) is 4.73. The van der Waals surface area contributed by atoms with Crippen LogP contribution in [0.25, 0.3) is 0 Å². The molecule has 0 aliphatic heterocycles. The van der Waals surface area contributed by atoms with Gasteiger partial charge in [0.2, 0.25) is 5.91 Å². The summed E-state index contributed by atoms with van der Waals surface area (Å²) in [7, 11) is 3.86. The van der Waals surface area contributed by atoms with Gasteiger partial charge < -0.3 is 10.1 Å². The van der Waals surface area contributed by atoms with Crippen LogP contribution < -0.4 is 10.1 Å². The van der Waals surface area contributed by atoms with Crippen molar-refractivity contribution in [3.8, 4) is 5.75 Å². The maximum absolute atomic E-state index is 10.8. The molecule has 0 aromatic heterocycles. The van der Waals surface area contributed by atoms with Crippen LogP contribution in [0.3, 0.4) is 0 Å². The Morgan fingerprint density at radius 2 is 2.20 bits per heavy atom. The summed E-state index contributed by atoms with van der Waals surface area (Å²) in [6, 6.07) is 7.32. The van der Waals surface area contributed by atoms with Crippen LogP contribution in [0.4, 0.5) is 5.69 Å². The maximum atomic E-state index is 10.8. The number of carbonyl (C=O) groups excluding carboxylic acids is 1. The molecule has 0 saturated heterocycles. The Morgan fingerprint density at radius 1 is 1.47 bits per heavy atom. The molecule has 0 spiro atoms. The molecule has 15 heavy (non-hydrogen) atoms. The minimum Gasteiger partial charge on any atom is -0.478 e. The van der Waals surface area contributed by atoms with Gasteiger partial charge in [0.25, 0.3) is 0 Å². The van der Waals surface area contributed by atoms with E-state index in [1.54, 1.807) is 6.07 Å². The van der Waals surface area contributed by atoms with Gasteiger partial charge in [-0.3, -0.25) is 9.69 Å². The van der Waals surface area contributed by atoms with Gasteiger partial charge in [-0.2, -0.15) is 0 Å². The SMILES string of the molecule is CC(=O)Nc1cccc(OCN(C)C)c1. The summed E-state index contributed by atoms with van der Waals surface area (Å²) in [5.41, 5.74) is 0.749. The summed E-state index contributed by atoms with van der Waals surface area (Å²) < 4.78 is 5.46. The zero-order valence-corrected chi connectivity index (χ0v) is 9.28. The summed E-state index contributed by atoms with van der Waals surface area (Å²) in [4.78, 5) is 12.8. The number of ether oxygens (including phenoxy) is 1. The van der Waals surface area contributed by atoms with Crippen LogP contribution in [0.5, 0.6) is 5.75 Å². The zero-order valence-electron chi connectivity index (χ0n) is 9.28. The topological polar surface area (TPSA) is 41.6 Å². The fourth-order valence-corrected chi connectivity index (χ4v) is 1.07. The second kappa shape index (κ2) is 5.36. The van der Waals surface area contributed by atoms with Crippen LogP contribution >= 0.6 is 0 Å². The van der Waals surface area contributed by atoms with Crippen molar-refractivity contribution in [1.29, 1.82) is 0 Å². The number of nitrogens with one attached hydrogen (secondary N) is 1. The zero-order chi connectivity index (χ0) is 11.3. The summed E-state index contributed by atoms with van der Waals surface area (Å²) in [6.45, 7) is 2.00. The lowest BCUT2D eigenvalue weighted by Gasteiger charge is -2.12. The third-order valence-corrected chi connectivity index (χ3v) is 1.64. The quantitative estimate of drug-likeness (QED) is 0.763. The Kier molecular flexibility index (Phi) is 4.12. The second-order valence-electron chi connectivity index (χ2n) is 3.56. The molecular formula is C11H16N2O2. The smallest absolute Gasteiger partial charge is 0.221 e. The molecule has 0 atom stereocenters. The average molecular weight is 208 g/mol. The van der Waals surface area contributed by atoms with E-state index < -0.39 is 0 Å². The molecule has 0 unspecified atom stereocenters. The van der Waals surface area contributed by atoms with Gasteiger partial charge in [-0.1, -0.05) is 6.07 Å². The Balaban J connectivity index is 2.61. The van der Waals surface area contributed by atoms with Gasteiger partial charge in [-0.25, -0.2) is 0 Å². The highest BCUT2D eigenvalue weighted by atomic mass is 16.5. The number of rotatable bonds is 4. The van der Waals surface area contributed by atoms with E-state index in [1.165, 1.54) is 6.92 Å². The number of benzene rings is 1. The number of amides is 1. The Bertz CT molecular complexity index is 337. The van der Waals surface area contributed by atoms with E-state index in [1.807, 2.05) is 37.2 Å². The molecule has 1 amide bonds. The first kappa shape index (κ1) is 11.5. The first-order valence-electron chi connectivity index (χ1n) is 4.73. The number of anilines is 1. The van der Waals surface area contributed by atoms with E-state index in [0.717, 1.165) is 11.4 Å². The predicted octanol–water partition coefficient (Wildman–Crippen LogP) is 1.54. The normalized spacial score (nSPS) is 10.1. The molecule has 0 fully saturated rings. The van der Waals surface area contributed by atoms with Crippen LogP contribution in [0, 0.1) is 0 Å². The fourth-order valence-electron chi connectivity index (χ4n) is 1.07. The van der Waals surface area contributed by atoms with Crippen molar-refractivity contribution in [3.63, 3.8) is 0 Å². The highest BCUT2D eigenvalue weighted by Gasteiger charge is 1.98. The standard InChI is InChI=1S/C11H16N2O2/c1-9(14)12-10-5-4-6-11(7-10)15-8-13(2)3/h4-7H,8H2,1-3H3,(H,12,14). The maximum Gasteiger partial charge on any atom is 0.221 e. The molecule has 4 nitrogen and oxygen atoms in total. The van der Waals surface area contributed by atoms with Crippen molar-refractivity contribution in [2.75, 3.05) is 26.1 Å². The summed E-state index contributed by atoms with van der Waals surface area (Å²) in [6.07, 6.45) is 0. The Morgan fingerprint density at radius 3 is 2.80 bits per heavy atom. The minimum absolute atomic E-state index is 0.0836. The summed E-state index contributed by atoms with van der Waals surface area (Å²) >= 11 is 0. The molecule has 4 heteroatoms. The Labute approximate surface area is 89.8 Å². The van der Waals surface area contributed by atoms with Gasteiger partial charge in [0.15, 0.2) is 0 Å². The molecule has 1 N–H and O–H groups in total. The lowest BCUT2D eigenvalue weighted by Crippen LogP contribution is -2.18. The molecule has 1 aromatic carbocycles. The van der Waals surface area contributed by atoms with Gasteiger partial charge in [0.05, 0.1) is 0 Å². The fraction of sp³-hybridized carbons (Fsp3) is 0.364. The van der Waals surface area contributed by atoms with E-state index in [0.29, 0.717) is 6.73 Å². The van der Waals surface area contributed by atoms with Crippen molar-refractivity contribution in [2.24, 2.45) is 0 Å². The van der Waals surface area contributed by atoms with Crippen LogP contribution in [-0.2, 0) is 4.79 Å². The molecule has 82 valence electrons. The van der Waals surface area contributed by atoms with Crippen LogP contribution in [0.2, 0.25) is 0 Å². The van der Waals surface area contributed by atoms with E-state index in [-0.39, 0.29) is 5.91 Å². The molecule has 0 aliphatic rings. The van der Waals surface area contributed by atoms with Gasteiger partial charge >= 0.3 is 0 Å². The van der Waals surface area contributed by atoms with Crippen molar-refractivity contribution in [1.82, 2.24) is 4.90 Å². The molecule has 1 aromatic rings. The highest BCUT2D eigenvalue weighted by Crippen LogP contribution is 2.17. The second-order valence-corrected chi connectivity index (χ2v) is 3.56. The highest BCUT2D eigenvalue weighted by molar-refractivity contribution is 5.88. The largest absolute Gasteiger partial charge is 0.478 e. The number of hydrogen-bond donors (Lipinski definition) is 1. The molecular weight excluding hydrogens is 192 g/mol. The van der Waals surface area contributed by atoms with Gasteiger partial charge in [0.1, 0.15) is 12.5 Å². The molecule has 0 radical (unpaired) electrons. The van der Waals surface area contributed by atoms with E-state index in [4.69, 9.17) is 4.74 Å². The number of carbonyl (C=O) groups is 1. The van der Waals surface area contributed by atoms with Crippen LogP contribution in [0.15, 0.2) is 24.3 Å². The molecule has 1 rings (SSSR count). The average Bonchev–Trinajstić information content (AvgIpc) is 2.14. The van der Waals surface area contributed by atoms with Crippen molar-refractivity contribution in [3.05, 3.63) is 24.3 Å². The molecule has 0 saturated carbocycles. The molecule has 0 heterocycles. The third kappa shape index (κ3) is 4.46. The lowest BCUT2D eigenvalue weighted by molar-refractivity contribution is -0.114. The van der Waals surface area contributed by atoms with Crippen LogP contribution in [-0.4, -0.2) is 31.6 Å². The van der Waals surface area contributed by atoms with Crippen molar-refractivity contribution in [2.45, 2.75) is 6.92 Å². The van der Waals surface area contributed by atoms with E-state index in [2.05, 4.69) is 5.32 Å². The number of hydrogen-bond acceptors (Lipinski definition) is 3. The minimum atomic E-state index is -0.0836. The number of nitrogens with zero attached hydrogens (tertiary/aromatic N) is 1. The van der Waals surface area contributed by atoms with Gasteiger partial charge in [0, 0.05) is 18.7 Å². The van der Waals surface area contributed by atoms with E-state index >= 15 is 0 Å². The molecule has 0 bridgehead atoms. The summed E-state index contributed by atoms with van der Waals surface area (Å²) in [5, 5.41) is 2.70. The first-order chi connectivity index (χ1) is 7.08. The van der Waals surface area contributed by atoms with Crippen molar-refractivity contribution < 1.29 is 9.53 Å². The van der Waals surface area contributed by atoms with Gasteiger partial charge in [-0.05, 0) is 26.2 Å². The monoisotopic (exact) mass is 208 g/mol. The Hall–Kier alpha value is -1.55. The lowest BCUT2D eigenvalue weighted by atomic mass is 10.3. The van der Waals surface area contributed by atoms with Gasteiger partial charge in [-0.15, -0.1) is 0 Å².